The number of nitrogens with zero attached hydrogens (tertiary/aromatic N) is 2. The Labute approximate surface area is 145 Å². The molecule has 2 rings (SSSR count). The minimum Gasteiger partial charge on any atom is -0.369 e. The number of carbonyl (C=O) groups excluding carboxylic acids is 1. The topological polar surface area (TPSA) is 70.2 Å². The smallest absolute Gasteiger partial charge is 0.246 e. The number of likely N-dealkylation sites (tertiary alicyclic amines) is 1. The second kappa shape index (κ2) is 8.62. The summed E-state index contributed by atoms with van der Waals surface area (Å²) in [7, 11) is 0. The van der Waals surface area contributed by atoms with E-state index in [1.165, 1.54) is 5.56 Å². The zero-order chi connectivity index (χ0) is 17.7. The van der Waals surface area contributed by atoms with Gasteiger partial charge in [0.25, 0.3) is 0 Å². The summed E-state index contributed by atoms with van der Waals surface area (Å²) in [5.41, 5.74) is 3.48. The standard InChI is InChI=1S/C18H32N4O2/c1-6-7-15-8-22(9-16-13(4)20-21-14(16)5)10-17(15)19-18(23)11-24-12(2)3/h12,15,17H,6-11H2,1-5H3,(H,19,23)(H,20,21)/t15-,17-/m0/s1. The van der Waals surface area contributed by atoms with E-state index in [0.717, 1.165) is 43.9 Å². The van der Waals surface area contributed by atoms with Crippen LogP contribution in [0.2, 0.25) is 0 Å². The summed E-state index contributed by atoms with van der Waals surface area (Å²) < 4.78 is 5.41. The summed E-state index contributed by atoms with van der Waals surface area (Å²) in [6.07, 6.45) is 2.35. The van der Waals surface area contributed by atoms with Crippen molar-refractivity contribution in [3.63, 3.8) is 0 Å². The minimum absolute atomic E-state index is 0.00711. The fourth-order valence-corrected chi connectivity index (χ4v) is 3.44. The number of carbonyl (C=O) groups is 1. The highest BCUT2D eigenvalue weighted by Gasteiger charge is 2.33. The molecule has 0 aliphatic carbocycles. The molecule has 24 heavy (non-hydrogen) atoms. The number of hydrogen-bond donors (Lipinski definition) is 2. The third-order valence-corrected chi connectivity index (χ3v) is 4.73. The fraction of sp³-hybridized carbons (Fsp3) is 0.778. The van der Waals surface area contributed by atoms with Gasteiger partial charge in [-0.3, -0.25) is 14.8 Å². The summed E-state index contributed by atoms with van der Waals surface area (Å²) in [6, 6.07) is 0.209. The SMILES string of the molecule is CCC[C@H]1CN(Cc2c(C)n[nH]c2C)C[C@@H]1NC(=O)COC(C)C. The van der Waals surface area contributed by atoms with Gasteiger partial charge in [-0.2, -0.15) is 5.10 Å². The summed E-state index contributed by atoms with van der Waals surface area (Å²) in [6.45, 7) is 13.2. The molecule has 1 aliphatic rings. The number of aromatic nitrogens is 2. The van der Waals surface area contributed by atoms with Gasteiger partial charge in [0.05, 0.1) is 11.8 Å². The zero-order valence-corrected chi connectivity index (χ0v) is 15.7. The predicted molar refractivity (Wildman–Crippen MR) is 94.8 cm³/mol. The molecule has 0 aromatic carbocycles. The van der Waals surface area contributed by atoms with Crippen LogP contribution in [0, 0.1) is 19.8 Å². The van der Waals surface area contributed by atoms with Crippen LogP contribution in [0.4, 0.5) is 0 Å². The maximum Gasteiger partial charge on any atom is 0.246 e. The third kappa shape index (κ3) is 5.05. The number of aromatic amines is 1. The number of rotatable bonds is 8. The first-order valence-electron chi connectivity index (χ1n) is 9.04. The van der Waals surface area contributed by atoms with Crippen LogP contribution in [0.3, 0.4) is 0 Å². The van der Waals surface area contributed by atoms with Crippen LogP contribution in [-0.2, 0) is 16.1 Å². The summed E-state index contributed by atoms with van der Waals surface area (Å²) in [4.78, 5) is 14.5. The Bertz CT molecular complexity index is 522. The molecule has 136 valence electrons. The molecule has 2 heterocycles. The van der Waals surface area contributed by atoms with Crippen LogP contribution in [-0.4, -0.2) is 52.8 Å². The van der Waals surface area contributed by atoms with Crippen molar-refractivity contribution in [1.82, 2.24) is 20.4 Å². The average molecular weight is 336 g/mol. The Morgan fingerprint density at radius 3 is 2.75 bits per heavy atom. The van der Waals surface area contributed by atoms with Crippen LogP contribution in [0.15, 0.2) is 0 Å². The van der Waals surface area contributed by atoms with Gasteiger partial charge in [0.1, 0.15) is 6.61 Å². The Kier molecular flexibility index (Phi) is 6.80. The molecule has 6 nitrogen and oxygen atoms in total. The van der Waals surface area contributed by atoms with Gasteiger partial charge in [-0.1, -0.05) is 13.3 Å². The van der Waals surface area contributed by atoms with Crippen molar-refractivity contribution in [3.05, 3.63) is 17.0 Å². The molecule has 0 radical (unpaired) electrons. The van der Waals surface area contributed by atoms with Crippen LogP contribution in [0.5, 0.6) is 0 Å². The first-order valence-corrected chi connectivity index (χ1v) is 9.04. The Balaban J connectivity index is 1.94. The molecule has 1 amide bonds. The van der Waals surface area contributed by atoms with E-state index in [0.29, 0.717) is 5.92 Å². The monoisotopic (exact) mass is 336 g/mol. The first-order chi connectivity index (χ1) is 11.4. The van der Waals surface area contributed by atoms with E-state index in [-0.39, 0.29) is 24.7 Å². The van der Waals surface area contributed by atoms with Crippen molar-refractivity contribution in [2.45, 2.75) is 66.2 Å². The number of amides is 1. The van der Waals surface area contributed by atoms with Crippen molar-refractivity contribution < 1.29 is 9.53 Å². The molecule has 2 N–H and O–H groups in total. The molecule has 1 aliphatic heterocycles. The van der Waals surface area contributed by atoms with Crippen LogP contribution in [0.25, 0.3) is 0 Å². The molecule has 0 saturated carbocycles. The predicted octanol–water partition coefficient (Wildman–Crippen LogP) is 2.17. The van der Waals surface area contributed by atoms with Crippen molar-refractivity contribution in [2.24, 2.45) is 5.92 Å². The van der Waals surface area contributed by atoms with Gasteiger partial charge in [-0.05, 0) is 40.0 Å². The van der Waals surface area contributed by atoms with Crippen LogP contribution in [0.1, 0.15) is 50.6 Å². The quantitative estimate of drug-likeness (QED) is 0.763. The maximum atomic E-state index is 12.1. The van der Waals surface area contributed by atoms with Gasteiger partial charge in [0.15, 0.2) is 0 Å². The summed E-state index contributed by atoms with van der Waals surface area (Å²) >= 11 is 0. The molecule has 1 aromatic rings. The lowest BCUT2D eigenvalue weighted by atomic mass is 9.98. The van der Waals surface area contributed by atoms with E-state index in [1.54, 1.807) is 0 Å². The van der Waals surface area contributed by atoms with Gasteiger partial charge in [-0.25, -0.2) is 0 Å². The molecule has 0 bridgehead atoms. The van der Waals surface area contributed by atoms with Gasteiger partial charge in [0, 0.05) is 36.9 Å². The fourth-order valence-electron chi connectivity index (χ4n) is 3.44. The van der Waals surface area contributed by atoms with E-state index in [4.69, 9.17) is 4.74 Å². The van der Waals surface area contributed by atoms with Crippen molar-refractivity contribution in [2.75, 3.05) is 19.7 Å². The highest BCUT2D eigenvalue weighted by molar-refractivity contribution is 5.77. The number of H-pyrrole nitrogens is 1. The summed E-state index contributed by atoms with van der Waals surface area (Å²) in [5, 5.41) is 10.5. The lowest BCUT2D eigenvalue weighted by Gasteiger charge is -2.19. The number of nitrogens with one attached hydrogen (secondary N) is 2. The van der Waals surface area contributed by atoms with Crippen molar-refractivity contribution in [3.8, 4) is 0 Å². The van der Waals surface area contributed by atoms with Crippen LogP contribution < -0.4 is 5.32 Å². The summed E-state index contributed by atoms with van der Waals surface area (Å²) in [5.74, 6) is 0.498. The van der Waals surface area contributed by atoms with E-state index < -0.39 is 0 Å². The Morgan fingerprint density at radius 2 is 2.17 bits per heavy atom. The van der Waals surface area contributed by atoms with E-state index in [9.17, 15) is 4.79 Å². The number of hydrogen-bond acceptors (Lipinski definition) is 4. The second-order valence-corrected chi connectivity index (χ2v) is 7.19. The molecule has 0 unspecified atom stereocenters. The highest BCUT2D eigenvalue weighted by Crippen LogP contribution is 2.24. The molecule has 1 saturated heterocycles. The highest BCUT2D eigenvalue weighted by atomic mass is 16.5. The minimum atomic E-state index is -0.00711. The lowest BCUT2D eigenvalue weighted by Crippen LogP contribution is -2.42. The van der Waals surface area contributed by atoms with Gasteiger partial charge >= 0.3 is 0 Å². The maximum absolute atomic E-state index is 12.1. The zero-order valence-electron chi connectivity index (χ0n) is 15.7. The van der Waals surface area contributed by atoms with Gasteiger partial charge in [0.2, 0.25) is 5.91 Å². The molecule has 0 spiro atoms. The Morgan fingerprint density at radius 1 is 1.42 bits per heavy atom. The first kappa shape index (κ1) is 18.9. The van der Waals surface area contributed by atoms with Crippen molar-refractivity contribution in [1.29, 1.82) is 0 Å². The van der Waals surface area contributed by atoms with Crippen molar-refractivity contribution >= 4 is 5.91 Å². The van der Waals surface area contributed by atoms with Crippen LogP contribution >= 0.6 is 0 Å². The molecule has 1 aromatic heterocycles. The van der Waals surface area contributed by atoms with Gasteiger partial charge < -0.3 is 10.1 Å². The molecular weight excluding hydrogens is 304 g/mol. The number of aryl methyl sites for hydroxylation is 2. The molecule has 2 atom stereocenters. The third-order valence-electron chi connectivity index (χ3n) is 4.73. The molecular formula is C18H32N4O2. The van der Waals surface area contributed by atoms with E-state index >= 15 is 0 Å². The second-order valence-electron chi connectivity index (χ2n) is 7.19. The van der Waals surface area contributed by atoms with E-state index in [1.807, 2.05) is 20.8 Å². The Hall–Kier alpha value is -1.40. The van der Waals surface area contributed by atoms with E-state index in [2.05, 4.69) is 34.3 Å². The van der Waals surface area contributed by atoms with Gasteiger partial charge in [-0.15, -0.1) is 0 Å². The largest absolute Gasteiger partial charge is 0.369 e. The lowest BCUT2D eigenvalue weighted by molar-refractivity contribution is -0.128. The normalized spacial score (nSPS) is 21.6. The average Bonchev–Trinajstić information content (AvgIpc) is 3.04. The number of ether oxygens (including phenoxy) is 1. The molecule has 1 fully saturated rings. The molecule has 6 heteroatoms.